The first kappa shape index (κ1) is 14.0. The van der Waals surface area contributed by atoms with E-state index < -0.39 is 5.95 Å². The molecule has 1 aromatic heterocycles. The molecule has 3 nitrogen and oxygen atoms in total. The molecule has 0 saturated heterocycles. The Balaban J connectivity index is 2.02. The van der Waals surface area contributed by atoms with Crippen molar-refractivity contribution in [3.8, 4) is 0 Å². The highest BCUT2D eigenvalue weighted by molar-refractivity contribution is 5.93. The molecule has 0 unspecified atom stereocenters. The zero-order valence-corrected chi connectivity index (χ0v) is 11.4. The molecule has 0 N–H and O–H groups in total. The third kappa shape index (κ3) is 3.75. The highest BCUT2D eigenvalue weighted by Crippen LogP contribution is 2.21. The fourth-order valence-electron chi connectivity index (χ4n) is 2.69. The smallest absolute Gasteiger partial charge is 0.255 e. The van der Waals surface area contributed by atoms with Crippen LogP contribution < -0.4 is 0 Å². The minimum absolute atomic E-state index is 0.0573. The lowest BCUT2D eigenvalue weighted by Crippen LogP contribution is -2.37. The van der Waals surface area contributed by atoms with Gasteiger partial charge >= 0.3 is 0 Å². The SMILES string of the molecule is CN(C(=O)c1ccc(F)nc1)C1CCCCCCC1. The first-order valence-corrected chi connectivity index (χ1v) is 7.07. The number of hydrogen-bond acceptors (Lipinski definition) is 2. The Kier molecular flexibility index (Phi) is 4.88. The second kappa shape index (κ2) is 6.64. The van der Waals surface area contributed by atoms with Gasteiger partial charge in [-0.15, -0.1) is 0 Å². The van der Waals surface area contributed by atoms with Crippen molar-refractivity contribution in [1.29, 1.82) is 0 Å². The topological polar surface area (TPSA) is 33.2 Å². The molecule has 1 amide bonds. The zero-order chi connectivity index (χ0) is 13.7. The molecule has 0 spiro atoms. The van der Waals surface area contributed by atoms with Gasteiger partial charge in [-0.05, 0) is 25.0 Å². The van der Waals surface area contributed by atoms with Crippen molar-refractivity contribution in [1.82, 2.24) is 9.88 Å². The van der Waals surface area contributed by atoms with E-state index in [-0.39, 0.29) is 5.91 Å². The van der Waals surface area contributed by atoms with E-state index in [4.69, 9.17) is 0 Å². The van der Waals surface area contributed by atoms with Crippen LogP contribution in [0.25, 0.3) is 0 Å². The molecule has 0 aromatic carbocycles. The van der Waals surface area contributed by atoms with E-state index in [0.29, 0.717) is 11.6 Å². The number of carbonyl (C=O) groups is 1. The van der Waals surface area contributed by atoms with E-state index in [0.717, 1.165) is 12.8 Å². The van der Waals surface area contributed by atoms with Gasteiger partial charge in [0, 0.05) is 19.3 Å². The number of nitrogens with zero attached hydrogens (tertiary/aromatic N) is 2. The molecule has 1 aliphatic carbocycles. The summed E-state index contributed by atoms with van der Waals surface area (Å²) in [6.45, 7) is 0. The Morgan fingerprint density at radius 3 is 2.42 bits per heavy atom. The van der Waals surface area contributed by atoms with Crippen LogP contribution in [0.2, 0.25) is 0 Å². The van der Waals surface area contributed by atoms with Crippen LogP contribution in [0, 0.1) is 5.95 Å². The fourth-order valence-corrected chi connectivity index (χ4v) is 2.69. The van der Waals surface area contributed by atoms with Crippen LogP contribution in [-0.4, -0.2) is 28.9 Å². The van der Waals surface area contributed by atoms with E-state index in [1.165, 1.54) is 50.4 Å². The van der Waals surface area contributed by atoms with Gasteiger partial charge in [0.2, 0.25) is 5.95 Å². The second-order valence-corrected chi connectivity index (χ2v) is 5.28. The van der Waals surface area contributed by atoms with Crippen LogP contribution in [0.15, 0.2) is 18.3 Å². The monoisotopic (exact) mass is 264 g/mol. The number of rotatable bonds is 2. The summed E-state index contributed by atoms with van der Waals surface area (Å²) in [7, 11) is 1.85. The Labute approximate surface area is 113 Å². The van der Waals surface area contributed by atoms with Crippen LogP contribution in [0.3, 0.4) is 0 Å². The fraction of sp³-hybridized carbons (Fsp3) is 0.600. The molecule has 2 rings (SSSR count). The highest BCUT2D eigenvalue weighted by Gasteiger charge is 2.21. The molecule has 0 radical (unpaired) electrons. The van der Waals surface area contributed by atoms with Crippen molar-refractivity contribution in [2.45, 2.75) is 51.0 Å². The van der Waals surface area contributed by atoms with Crippen LogP contribution in [0.4, 0.5) is 4.39 Å². The minimum atomic E-state index is -0.551. The molecule has 1 aliphatic rings. The molecule has 1 heterocycles. The van der Waals surface area contributed by atoms with Crippen molar-refractivity contribution in [2.75, 3.05) is 7.05 Å². The third-order valence-corrected chi connectivity index (χ3v) is 3.92. The summed E-state index contributed by atoms with van der Waals surface area (Å²) in [5, 5.41) is 0. The molecule has 104 valence electrons. The summed E-state index contributed by atoms with van der Waals surface area (Å²) in [6.07, 6.45) is 9.65. The van der Waals surface area contributed by atoms with Gasteiger partial charge in [0.1, 0.15) is 0 Å². The van der Waals surface area contributed by atoms with Crippen LogP contribution in [0.5, 0.6) is 0 Å². The number of carbonyl (C=O) groups excluding carboxylic acids is 1. The predicted octanol–water partition coefficient (Wildman–Crippen LogP) is 3.41. The third-order valence-electron chi connectivity index (χ3n) is 3.92. The van der Waals surface area contributed by atoms with Gasteiger partial charge in [-0.1, -0.05) is 32.1 Å². The van der Waals surface area contributed by atoms with E-state index >= 15 is 0 Å². The van der Waals surface area contributed by atoms with Crippen molar-refractivity contribution in [3.05, 3.63) is 29.8 Å². The molecule has 1 saturated carbocycles. The largest absolute Gasteiger partial charge is 0.339 e. The van der Waals surface area contributed by atoms with Crippen molar-refractivity contribution < 1.29 is 9.18 Å². The number of amides is 1. The standard InChI is InChI=1S/C15H21FN2O/c1-18(13-7-5-3-2-4-6-8-13)15(19)12-9-10-14(16)17-11-12/h9-11,13H,2-8H2,1H3. The lowest BCUT2D eigenvalue weighted by molar-refractivity contribution is 0.0706. The first-order valence-electron chi connectivity index (χ1n) is 7.07. The summed E-state index contributed by atoms with van der Waals surface area (Å²) >= 11 is 0. The Hall–Kier alpha value is -1.45. The van der Waals surface area contributed by atoms with Gasteiger partial charge < -0.3 is 4.90 Å². The predicted molar refractivity (Wildman–Crippen MR) is 72.4 cm³/mol. The van der Waals surface area contributed by atoms with E-state index in [1.54, 1.807) is 4.90 Å². The Morgan fingerprint density at radius 1 is 1.21 bits per heavy atom. The zero-order valence-electron chi connectivity index (χ0n) is 11.4. The highest BCUT2D eigenvalue weighted by atomic mass is 19.1. The summed E-state index contributed by atoms with van der Waals surface area (Å²) in [4.78, 5) is 17.7. The van der Waals surface area contributed by atoms with Crippen LogP contribution in [0.1, 0.15) is 55.3 Å². The minimum Gasteiger partial charge on any atom is -0.339 e. The molecule has 0 bridgehead atoms. The maximum Gasteiger partial charge on any atom is 0.255 e. The average Bonchev–Trinajstić information content (AvgIpc) is 2.38. The summed E-state index contributed by atoms with van der Waals surface area (Å²) < 4.78 is 12.8. The van der Waals surface area contributed by atoms with E-state index in [2.05, 4.69) is 4.98 Å². The molecule has 1 aromatic rings. The van der Waals surface area contributed by atoms with Gasteiger partial charge in [-0.3, -0.25) is 4.79 Å². The summed E-state index contributed by atoms with van der Waals surface area (Å²) in [5.74, 6) is -0.608. The van der Waals surface area contributed by atoms with Crippen molar-refractivity contribution in [2.24, 2.45) is 0 Å². The Morgan fingerprint density at radius 2 is 1.84 bits per heavy atom. The van der Waals surface area contributed by atoms with E-state index in [9.17, 15) is 9.18 Å². The summed E-state index contributed by atoms with van der Waals surface area (Å²) in [6, 6.07) is 3.04. The van der Waals surface area contributed by atoms with Crippen LogP contribution in [-0.2, 0) is 0 Å². The lowest BCUT2D eigenvalue weighted by atomic mass is 9.95. The van der Waals surface area contributed by atoms with E-state index in [1.807, 2.05) is 7.05 Å². The number of halogens is 1. The molecule has 0 atom stereocenters. The molecular formula is C15H21FN2O. The van der Waals surface area contributed by atoms with Crippen molar-refractivity contribution >= 4 is 5.91 Å². The van der Waals surface area contributed by atoms with Gasteiger partial charge in [0.25, 0.3) is 5.91 Å². The van der Waals surface area contributed by atoms with Gasteiger partial charge in [0.15, 0.2) is 0 Å². The maximum atomic E-state index is 12.8. The molecule has 19 heavy (non-hydrogen) atoms. The normalized spacial score (nSPS) is 17.6. The number of hydrogen-bond donors (Lipinski definition) is 0. The molecule has 4 heteroatoms. The lowest BCUT2D eigenvalue weighted by Gasteiger charge is -2.29. The quantitative estimate of drug-likeness (QED) is 0.767. The van der Waals surface area contributed by atoms with Crippen LogP contribution >= 0.6 is 0 Å². The second-order valence-electron chi connectivity index (χ2n) is 5.28. The number of pyridine rings is 1. The van der Waals surface area contributed by atoms with Gasteiger partial charge in [-0.2, -0.15) is 4.39 Å². The van der Waals surface area contributed by atoms with Gasteiger partial charge in [0.05, 0.1) is 5.56 Å². The average molecular weight is 264 g/mol. The summed E-state index contributed by atoms with van der Waals surface area (Å²) in [5.41, 5.74) is 0.464. The Bertz CT molecular complexity index is 411. The van der Waals surface area contributed by atoms with Crippen molar-refractivity contribution in [3.63, 3.8) is 0 Å². The van der Waals surface area contributed by atoms with Gasteiger partial charge in [-0.25, -0.2) is 4.98 Å². The molecule has 1 fully saturated rings. The molecular weight excluding hydrogens is 243 g/mol. The maximum absolute atomic E-state index is 12.8. The molecule has 0 aliphatic heterocycles. The number of aromatic nitrogens is 1. The first-order chi connectivity index (χ1) is 9.18.